The first kappa shape index (κ1) is 15.8. The molecule has 1 aliphatic heterocycles. The van der Waals surface area contributed by atoms with Gasteiger partial charge >= 0.3 is 0 Å². The van der Waals surface area contributed by atoms with Gasteiger partial charge in [-0.1, -0.05) is 6.92 Å². The highest BCUT2D eigenvalue weighted by Crippen LogP contribution is 2.23. The van der Waals surface area contributed by atoms with E-state index in [2.05, 4.69) is 22.5 Å². The van der Waals surface area contributed by atoms with Gasteiger partial charge < -0.3 is 10.6 Å². The first-order valence-corrected chi connectivity index (χ1v) is 8.33. The number of hydrogen-bond acceptors (Lipinski definition) is 3. The zero-order valence-corrected chi connectivity index (χ0v) is 13.2. The Morgan fingerprint density at radius 2 is 1.75 bits per heavy atom. The van der Waals surface area contributed by atoms with Gasteiger partial charge in [-0.05, 0) is 77.0 Å². The van der Waals surface area contributed by atoms with Crippen LogP contribution < -0.4 is 10.6 Å². The Bertz CT molecular complexity index is 292. The van der Waals surface area contributed by atoms with Crippen molar-refractivity contribution >= 4 is 5.91 Å². The van der Waals surface area contributed by atoms with Gasteiger partial charge in [0.25, 0.3) is 0 Å². The van der Waals surface area contributed by atoms with E-state index in [1.807, 2.05) is 7.05 Å². The molecule has 2 rings (SSSR count). The van der Waals surface area contributed by atoms with Crippen molar-refractivity contribution in [1.29, 1.82) is 0 Å². The van der Waals surface area contributed by atoms with Crippen LogP contribution in [-0.4, -0.2) is 50.1 Å². The summed E-state index contributed by atoms with van der Waals surface area (Å²) in [5.41, 5.74) is 0. The van der Waals surface area contributed by atoms with Crippen LogP contribution in [0.2, 0.25) is 0 Å². The molecule has 20 heavy (non-hydrogen) atoms. The molecule has 4 nitrogen and oxygen atoms in total. The van der Waals surface area contributed by atoms with E-state index in [1.54, 1.807) is 0 Å². The van der Waals surface area contributed by atoms with Crippen molar-refractivity contribution in [3.8, 4) is 0 Å². The van der Waals surface area contributed by atoms with E-state index in [0.29, 0.717) is 12.6 Å². The Labute approximate surface area is 123 Å². The van der Waals surface area contributed by atoms with Gasteiger partial charge in [0.15, 0.2) is 0 Å². The van der Waals surface area contributed by atoms with Gasteiger partial charge in [-0.2, -0.15) is 0 Å². The maximum atomic E-state index is 12.1. The SMILES string of the molecule is CNCC1CCN(CC(=O)NC2CCC(C)CC2)CC1. The summed E-state index contributed by atoms with van der Waals surface area (Å²) in [6, 6.07) is 0.431. The smallest absolute Gasteiger partial charge is 0.234 e. The summed E-state index contributed by atoms with van der Waals surface area (Å²) in [6.07, 6.45) is 7.29. The number of amides is 1. The predicted molar refractivity (Wildman–Crippen MR) is 82.7 cm³/mol. The van der Waals surface area contributed by atoms with Crippen molar-refractivity contribution < 1.29 is 4.79 Å². The van der Waals surface area contributed by atoms with Crippen molar-refractivity contribution in [3.63, 3.8) is 0 Å². The lowest BCUT2D eigenvalue weighted by molar-refractivity contribution is -0.123. The molecule has 1 saturated carbocycles. The van der Waals surface area contributed by atoms with E-state index in [9.17, 15) is 4.79 Å². The summed E-state index contributed by atoms with van der Waals surface area (Å²) < 4.78 is 0. The Morgan fingerprint density at radius 1 is 1.10 bits per heavy atom. The fraction of sp³-hybridized carbons (Fsp3) is 0.938. The molecule has 1 saturated heterocycles. The molecule has 0 atom stereocenters. The first-order chi connectivity index (χ1) is 9.67. The summed E-state index contributed by atoms with van der Waals surface area (Å²) in [7, 11) is 2.02. The molecule has 1 heterocycles. The van der Waals surface area contributed by atoms with E-state index in [4.69, 9.17) is 0 Å². The van der Waals surface area contributed by atoms with Crippen LogP contribution in [0.3, 0.4) is 0 Å². The van der Waals surface area contributed by atoms with E-state index in [1.165, 1.54) is 25.7 Å². The van der Waals surface area contributed by atoms with Gasteiger partial charge in [-0.25, -0.2) is 0 Å². The highest BCUT2D eigenvalue weighted by atomic mass is 16.2. The van der Waals surface area contributed by atoms with Gasteiger partial charge in [0.2, 0.25) is 5.91 Å². The van der Waals surface area contributed by atoms with Crippen LogP contribution in [-0.2, 0) is 4.79 Å². The number of carbonyl (C=O) groups is 1. The standard InChI is InChI=1S/C16H31N3O/c1-13-3-5-15(6-4-13)18-16(20)12-19-9-7-14(8-10-19)11-17-2/h13-15,17H,3-12H2,1-2H3,(H,18,20). The molecule has 0 radical (unpaired) electrons. The maximum Gasteiger partial charge on any atom is 0.234 e. The average molecular weight is 281 g/mol. The second kappa shape index (κ2) is 7.99. The third kappa shape index (κ3) is 5.06. The lowest BCUT2D eigenvalue weighted by Crippen LogP contribution is -2.46. The third-order valence-electron chi connectivity index (χ3n) is 4.95. The molecular weight excluding hydrogens is 250 g/mol. The minimum Gasteiger partial charge on any atom is -0.352 e. The van der Waals surface area contributed by atoms with Crippen molar-refractivity contribution in [1.82, 2.24) is 15.5 Å². The summed E-state index contributed by atoms with van der Waals surface area (Å²) in [5.74, 6) is 1.87. The highest BCUT2D eigenvalue weighted by Gasteiger charge is 2.23. The second-order valence-electron chi connectivity index (χ2n) is 6.80. The molecular formula is C16H31N3O. The monoisotopic (exact) mass is 281 g/mol. The highest BCUT2D eigenvalue weighted by molar-refractivity contribution is 5.78. The molecule has 0 unspecified atom stereocenters. The molecule has 0 aromatic carbocycles. The van der Waals surface area contributed by atoms with Crippen LogP contribution in [0.15, 0.2) is 0 Å². The zero-order chi connectivity index (χ0) is 14.4. The van der Waals surface area contributed by atoms with Crippen LogP contribution in [0.4, 0.5) is 0 Å². The summed E-state index contributed by atoms with van der Waals surface area (Å²) in [6.45, 7) is 6.16. The summed E-state index contributed by atoms with van der Waals surface area (Å²) >= 11 is 0. The molecule has 116 valence electrons. The minimum atomic E-state index is 0.233. The van der Waals surface area contributed by atoms with Crippen LogP contribution in [0.5, 0.6) is 0 Å². The first-order valence-electron chi connectivity index (χ1n) is 8.33. The Morgan fingerprint density at radius 3 is 2.35 bits per heavy atom. The van der Waals surface area contributed by atoms with Gasteiger partial charge in [0, 0.05) is 6.04 Å². The summed E-state index contributed by atoms with van der Waals surface area (Å²) in [4.78, 5) is 14.4. The number of nitrogens with one attached hydrogen (secondary N) is 2. The molecule has 0 spiro atoms. The molecule has 0 bridgehead atoms. The summed E-state index contributed by atoms with van der Waals surface area (Å²) in [5, 5.41) is 6.48. The normalized spacial score (nSPS) is 29.3. The Balaban J connectivity index is 1.63. The number of rotatable bonds is 5. The van der Waals surface area contributed by atoms with E-state index < -0.39 is 0 Å². The van der Waals surface area contributed by atoms with Crippen molar-refractivity contribution in [2.24, 2.45) is 11.8 Å². The van der Waals surface area contributed by atoms with Crippen LogP contribution in [0.1, 0.15) is 45.4 Å². The largest absolute Gasteiger partial charge is 0.352 e. The van der Waals surface area contributed by atoms with Crippen LogP contribution in [0.25, 0.3) is 0 Å². The number of carbonyl (C=O) groups excluding carboxylic acids is 1. The van der Waals surface area contributed by atoms with Crippen molar-refractivity contribution in [2.45, 2.75) is 51.5 Å². The van der Waals surface area contributed by atoms with E-state index in [0.717, 1.165) is 44.3 Å². The third-order valence-corrected chi connectivity index (χ3v) is 4.95. The van der Waals surface area contributed by atoms with Gasteiger partial charge in [-0.15, -0.1) is 0 Å². The van der Waals surface area contributed by atoms with Crippen molar-refractivity contribution in [3.05, 3.63) is 0 Å². The molecule has 0 aromatic heterocycles. The number of piperidine rings is 1. The maximum absolute atomic E-state index is 12.1. The topological polar surface area (TPSA) is 44.4 Å². The Kier molecular flexibility index (Phi) is 6.30. The second-order valence-corrected chi connectivity index (χ2v) is 6.80. The van der Waals surface area contributed by atoms with E-state index in [-0.39, 0.29) is 5.91 Å². The van der Waals surface area contributed by atoms with Gasteiger partial charge in [-0.3, -0.25) is 9.69 Å². The number of likely N-dealkylation sites (tertiary alicyclic amines) is 1. The lowest BCUT2D eigenvalue weighted by atomic mass is 9.87. The Hall–Kier alpha value is -0.610. The zero-order valence-electron chi connectivity index (χ0n) is 13.2. The fourth-order valence-electron chi connectivity index (χ4n) is 3.52. The molecule has 1 amide bonds. The fourth-order valence-corrected chi connectivity index (χ4v) is 3.52. The molecule has 2 N–H and O–H groups in total. The minimum absolute atomic E-state index is 0.233. The average Bonchev–Trinajstić information content (AvgIpc) is 2.44. The molecule has 2 aliphatic rings. The molecule has 4 heteroatoms. The van der Waals surface area contributed by atoms with Crippen LogP contribution >= 0.6 is 0 Å². The number of nitrogens with zero attached hydrogens (tertiary/aromatic N) is 1. The predicted octanol–water partition coefficient (Wildman–Crippen LogP) is 1.61. The molecule has 2 fully saturated rings. The quantitative estimate of drug-likeness (QED) is 0.805. The van der Waals surface area contributed by atoms with Gasteiger partial charge in [0.05, 0.1) is 6.54 Å². The molecule has 1 aliphatic carbocycles. The lowest BCUT2D eigenvalue weighted by Gasteiger charge is -2.32. The molecule has 0 aromatic rings. The number of hydrogen-bond donors (Lipinski definition) is 2. The van der Waals surface area contributed by atoms with Crippen LogP contribution in [0, 0.1) is 11.8 Å². The van der Waals surface area contributed by atoms with E-state index >= 15 is 0 Å². The van der Waals surface area contributed by atoms with Gasteiger partial charge in [0.1, 0.15) is 0 Å². The van der Waals surface area contributed by atoms with Crippen molar-refractivity contribution in [2.75, 3.05) is 33.2 Å².